The largest absolute Gasteiger partial charge is 0.383 e. The third-order valence-corrected chi connectivity index (χ3v) is 4.44. The molecule has 1 saturated heterocycles. The molecule has 1 atom stereocenters. The third-order valence-electron chi connectivity index (χ3n) is 4.44. The number of urea groups is 1. The molecule has 2 amide bonds. The van der Waals surface area contributed by atoms with Crippen LogP contribution in [0.25, 0.3) is 0 Å². The van der Waals surface area contributed by atoms with Crippen molar-refractivity contribution in [1.82, 2.24) is 15.5 Å². The van der Waals surface area contributed by atoms with Crippen LogP contribution in [-0.2, 0) is 11.3 Å². The SMILES string of the molecule is CCC(COC)NC(=O)NC1CCN(Cc2ccc(F)cc2)CC1. The van der Waals surface area contributed by atoms with Gasteiger partial charge >= 0.3 is 6.03 Å². The van der Waals surface area contributed by atoms with E-state index < -0.39 is 0 Å². The first-order valence-corrected chi connectivity index (χ1v) is 8.63. The molecule has 0 aromatic heterocycles. The highest BCUT2D eigenvalue weighted by molar-refractivity contribution is 5.74. The summed E-state index contributed by atoms with van der Waals surface area (Å²) in [5.74, 6) is -0.202. The number of benzene rings is 1. The number of carbonyl (C=O) groups is 1. The molecule has 6 heteroatoms. The smallest absolute Gasteiger partial charge is 0.315 e. The van der Waals surface area contributed by atoms with Crippen LogP contribution < -0.4 is 10.6 Å². The van der Waals surface area contributed by atoms with Gasteiger partial charge in [0.25, 0.3) is 0 Å². The zero-order valence-electron chi connectivity index (χ0n) is 14.6. The van der Waals surface area contributed by atoms with Crippen LogP contribution in [0, 0.1) is 5.82 Å². The Bertz CT molecular complexity index is 501. The zero-order chi connectivity index (χ0) is 17.4. The second-order valence-corrected chi connectivity index (χ2v) is 6.36. The molecule has 2 rings (SSSR count). The minimum atomic E-state index is -0.202. The maximum Gasteiger partial charge on any atom is 0.315 e. The highest BCUT2D eigenvalue weighted by atomic mass is 19.1. The van der Waals surface area contributed by atoms with E-state index in [9.17, 15) is 9.18 Å². The van der Waals surface area contributed by atoms with Gasteiger partial charge < -0.3 is 15.4 Å². The minimum absolute atomic E-state index is 0.0496. The highest BCUT2D eigenvalue weighted by Crippen LogP contribution is 2.14. The Morgan fingerprint density at radius 2 is 2.00 bits per heavy atom. The van der Waals surface area contributed by atoms with Gasteiger partial charge in [-0.1, -0.05) is 19.1 Å². The molecule has 1 aliphatic heterocycles. The first-order valence-electron chi connectivity index (χ1n) is 8.63. The zero-order valence-corrected chi connectivity index (χ0v) is 14.6. The number of piperidine rings is 1. The molecule has 1 fully saturated rings. The molecular weight excluding hydrogens is 309 g/mol. The van der Waals surface area contributed by atoms with E-state index >= 15 is 0 Å². The Morgan fingerprint density at radius 3 is 2.58 bits per heavy atom. The number of rotatable bonds is 7. The number of hydrogen-bond acceptors (Lipinski definition) is 3. The molecule has 0 radical (unpaired) electrons. The van der Waals surface area contributed by atoms with E-state index in [0.29, 0.717) is 6.61 Å². The first-order chi connectivity index (χ1) is 11.6. The van der Waals surface area contributed by atoms with Crippen LogP contribution in [0.4, 0.5) is 9.18 Å². The number of nitrogens with one attached hydrogen (secondary N) is 2. The highest BCUT2D eigenvalue weighted by Gasteiger charge is 2.21. The molecule has 1 unspecified atom stereocenters. The van der Waals surface area contributed by atoms with Crippen LogP contribution in [0.2, 0.25) is 0 Å². The van der Waals surface area contributed by atoms with E-state index in [0.717, 1.165) is 44.5 Å². The number of ether oxygens (including phenoxy) is 1. The van der Waals surface area contributed by atoms with Gasteiger partial charge in [-0.25, -0.2) is 9.18 Å². The number of hydrogen-bond donors (Lipinski definition) is 2. The van der Waals surface area contributed by atoms with Crippen LogP contribution in [-0.4, -0.2) is 49.8 Å². The van der Waals surface area contributed by atoms with Gasteiger partial charge in [-0.3, -0.25) is 4.90 Å². The van der Waals surface area contributed by atoms with Crippen molar-refractivity contribution < 1.29 is 13.9 Å². The van der Waals surface area contributed by atoms with Crippen LogP contribution in [0.5, 0.6) is 0 Å². The molecule has 1 aliphatic rings. The normalized spacial score (nSPS) is 17.5. The second kappa shape index (κ2) is 9.59. The van der Waals surface area contributed by atoms with Crippen molar-refractivity contribution in [3.05, 3.63) is 35.6 Å². The van der Waals surface area contributed by atoms with Gasteiger partial charge in [0.15, 0.2) is 0 Å². The molecule has 134 valence electrons. The van der Waals surface area contributed by atoms with Gasteiger partial charge in [0, 0.05) is 32.8 Å². The molecular formula is C18H28FN3O2. The van der Waals surface area contributed by atoms with E-state index in [1.54, 1.807) is 7.11 Å². The summed E-state index contributed by atoms with van der Waals surface area (Å²) in [6.45, 7) is 5.23. The van der Waals surface area contributed by atoms with Gasteiger partial charge in [0.1, 0.15) is 5.82 Å². The van der Waals surface area contributed by atoms with Gasteiger partial charge in [-0.2, -0.15) is 0 Å². The summed E-state index contributed by atoms with van der Waals surface area (Å²) in [6.07, 6.45) is 2.70. The number of nitrogens with zero attached hydrogens (tertiary/aromatic N) is 1. The summed E-state index contributed by atoms with van der Waals surface area (Å²) in [7, 11) is 1.64. The standard InChI is InChI=1S/C18H28FN3O2/c1-3-16(13-24-2)20-18(23)21-17-8-10-22(11-9-17)12-14-4-6-15(19)7-5-14/h4-7,16-17H,3,8-13H2,1-2H3,(H2,20,21,23). The van der Waals surface area contributed by atoms with E-state index in [1.165, 1.54) is 12.1 Å². The fourth-order valence-electron chi connectivity index (χ4n) is 2.96. The molecule has 5 nitrogen and oxygen atoms in total. The number of carbonyl (C=O) groups excluding carboxylic acids is 1. The van der Waals surface area contributed by atoms with Crippen LogP contribution >= 0.6 is 0 Å². The van der Waals surface area contributed by atoms with E-state index in [1.807, 2.05) is 19.1 Å². The Hall–Kier alpha value is -1.66. The predicted molar refractivity (Wildman–Crippen MR) is 92.3 cm³/mol. The van der Waals surface area contributed by atoms with Crippen molar-refractivity contribution in [2.45, 2.75) is 44.8 Å². The minimum Gasteiger partial charge on any atom is -0.383 e. The lowest BCUT2D eigenvalue weighted by atomic mass is 10.0. The molecule has 0 spiro atoms. The summed E-state index contributed by atoms with van der Waals surface area (Å²) >= 11 is 0. The molecule has 0 aliphatic carbocycles. The average Bonchev–Trinajstić information content (AvgIpc) is 2.58. The Balaban J connectivity index is 1.70. The molecule has 0 bridgehead atoms. The lowest BCUT2D eigenvalue weighted by Gasteiger charge is -2.32. The van der Waals surface area contributed by atoms with Gasteiger partial charge in [-0.05, 0) is 37.0 Å². The maximum atomic E-state index is 12.9. The molecule has 2 N–H and O–H groups in total. The van der Waals surface area contributed by atoms with Crippen molar-refractivity contribution in [3.63, 3.8) is 0 Å². The molecule has 24 heavy (non-hydrogen) atoms. The lowest BCUT2D eigenvalue weighted by molar-refractivity contribution is 0.159. The summed E-state index contributed by atoms with van der Waals surface area (Å²) < 4.78 is 18.0. The first kappa shape index (κ1) is 18.7. The van der Waals surface area contributed by atoms with E-state index in [-0.39, 0.29) is 23.9 Å². The fraction of sp³-hybridized carbons (Fsp3) is 0.611. The summed E-state index contributed by atoms with van der Waals surface area (Å²) in [5.41, 5.74) is 1.12. The summed E-state index contributed by atoms with van der Waals surface area (Å²) in [6, 6.07) is 6.79. The topological polar surface area (TPSA) is 53.6 Å². The molecule has 1 heterocycles. The van der Waals surface area contributed by atoms with E-state index in [2.05, 4.69) is 15.5 Å². The van der Waals surface area contributed by atoms with Crippen molar-refractivity contribution in [2.75, 3.05) is 26.8 Å². The van der Waals surface area contributed by atoms with Crippen LogP contribution in [0.15, 0.2) is 24.3 Å². The van der Waals surface area contributed by atoms with E-state index in [4.69, 9.17) is 4.74 Å². The third kappa shape index (κ3) is 6.09. The molecule has 1 aromatic carbocycles. The van der Waals surface area contributed by atoms with Gasteiger partial charge in [-0.15, -0.1) is 0 Å². The average molecular weight is 337 g/mol. The summed E-state index contributed by atoms with van der Waals surface area (Å²) in [4.78, 5) is 14.4. The Labute approximate surface area is 143 Å². The number of amides is 2. The van der Waals surface area contributed by atoms with Gasteiger partial charge in [0.2, 0.25) is 0 Å². The quantitative estimate of drug-likeness (QED) is 0.804. The summed E-state index contributed by atoms with van der Waals surface area (Å²) in [5, 5.41) is 6.00. The fourth-order valence-corrected chi connectivity index (χ4v) is 2.96. The molecule has 1 aromatic rings. The van der Waals surface area contributed by atoms with Crippen molar-refractivity contribution in [1.29, 1.82) is 0 Å². The Kier molecular flexibility index (Phi) is 7.46. The monoisotopic (exact) mass is 337 g/mol. The van der Waals surface area contributed by atoms with Crippen molar-refractivity contribution in [3.8, 4) is 0 Å². The van der Waals surface area contributed by atoms with Gasteiger partial charge in [0.05, 0.1) is 12.6 Å². The number of halogens is 1. The predicted octanol–water partition coefficient (Wildman–Crippen LogP) is 2.51. The number of likely N-dealkylation sites (tertiary alicyclic amines) is 1. The van der Waals surface area contributed by atoms with Crippen LogP contribution in [0.1, 0.15) is 31.7 Å². The lowest BCUT2D eigenvalue weighted by Crippen LogP contribution is -2.50. The second-order valence-electron chi connectivity index (χ2n) is 6.36. The number of methoxy groups -OCH3 is 1. The maximum absolute atomic E-state index is 12.9. The Morgan fingerprint density at radius 1 is 1.33 bits per heavy atom. The van der Waals surface area contributed by atoms with Crippen molar-refractivity contribution >= 4 is 6.03 Å². The molecule has 0 saturated carbocycles. The van der Waals surface area contributed by atoms with Crippen molar-refractivity contribution in [2.24, 2.45) is 0 Å². The van der Waals surface area contributed by atoms with Crippen LogP contribution in [0.3, 0.4) is 0 Å².